The number of amides is 1. The lowest BCUT2D eigenvalue weighted by Gasteiger charge is -2.22. The van der Waals surface area contributed by atoms with Crippen LogP contribution in [0.25, 0.3) is 0 Å². The summed E-state index contributed by atoms with van der Waals surface area (Å²) in [6, 6.07) is 13.5. The molecule has 2 rings (SSSR count). The van der Waals surface area contributed by atoms with Gasteiger partial charge in [0.2, 0.25) is 10.0 Å². The van der Waals surface area contributed by atoms with E-state index in [-0.39, 0.29) is 12.5 Å². The first-order valence-corrected chi connectivity index (χ1v) is 10.6. The van der Waals surface area contributed by atoms with Gasteiger partial charge in [0.05, 0.1) is 18.5 Å². The summed E-state index contributed by atoms with van der Waals surface area (Å²) in [6.07, 6.45) is 1.89. The number of sulfonamides is 1. The van der Waals surface area contributed by atoms with Crippen molar-refractivity contribution in [2.75, 3.05) is 30.8 Å². The van der Waals surface area contributed by atoms with Crippen LogP contribution in [0.1, 0.15) is 22.3 Å². The molecule has 0 spiro atoms. The molecule has 0 unspecified atom stereocenters. The number of halogens is 1. The van der Waals surface area contributed by atoms with Crippen LogP contribution in [0.15, 0.2) is 48.5 Å². The summed E-state index contributed by atoms with van der Waals surface area (Å²) in [6.45, 7) is 1.27. The zero-order chi connectivity index (χ0) is 19.9. The van der Waals surface area contributed by atoms with E-state index < -0.39 is 10.0 Å². The van der Waals surface area contributed by atoms with Gasteiger partial charge in [0.25, 0.3) is 5.91 Å². The summed E-state index contributed by atoms with van der Waals surface area (Å²) >= 11 is 5.99. The van der Waals surface area contributed by atoms with Crippen LogP contribution in [0.3, 0.4) is 0 Å². The molecule has 8 heteroatoms. The van der Waals surface area contributed by atoms with E-state index >= 15 is 0 Å². The molecule has 1 amide bonds. The van der Waals surface area contributed by atoms with E-state index in [0.717, 1.165) is 18.2 Å². The number of carbonyl (C=O) groups excluding carboxylic acids is 1. The summed E-state index contributed by atoms with van der Waals surface area (Å²) in [5.41, 5.74) is 1.77. The molecular weight excluding hydrogens is 388 g/mol. The summed E-state index contributed by atoms with van der Waals surface area (Å²) in [5.74, 6) is -0.174. The molecule has 0 aliphatic rings. The zero-order valence-corrected chi connectivity index (χ0v) is 16.9. The molecule has 0 heterocycles. The van der Waals surface area contributed by atoms with E-state index in [1.807, 2.05) is 0 Å². The maximum absolute atomic E-state index is 12.2. The number of benzene rings is 2. The molecule has 27 heavy (non-hydrogen) atoms. The van der Waals surface area contributed by atoms with E-state index in [0.29, 0.717) is 29.4 Å². The molecule has 0 aromatic heterocycles. The summed E-state index contributed by atoms with van der Waals surface area (Å²) in [5, 5.41) is 3.27. The normalized spacial score (nSPS) is 11.2. The molecule has 6 nitrogen and oxygen atoms in total. The summed E-state index contributed by atoms with van der Waals surface area (Å²) in [4.78, 5) is 12.1. The molecule has 0 radical (unpaired) electrons. The lowest BCUT2D eigenvalue weighted by atomic mass is 10.1. The number of hydrogen-bond donors (Lipinski definition) is 1. The third kappa shape index (κ3) is 6.53. The third-order valence-corrected chi connectivity index (χ3v) is 5.23. The topological polar surface area (TPSA) is 75.7 Å². The van der Waals surface area contributed by atoms with E-state index in [1.54, 1.807) is 55.6 Å². The van der Waals surface area contributed by atoms with Gasteiger partial charge in [0.1, 0.15) is 0 Å². The minimum atomic E-state index is -3.49. The molecule has 0 atom stereocenters. The van der Waals surface area contributed by atoms with Crippen LogP contribution in [-0.2, 0) is 21.3 Å². The van der Waals surface area contributed by atoms with Crippen LogP contribution in [0, 0.1) is 0 Å². The van der Waals surface area contributed by atoms with Crippen LogP contribution in [0.5, 0.6) is 0 Å². The number of nitrogens with zero attached hydrogens (tertiary/aromatic N) is 1. The highest BCUT2D eigenvalue weighted by molar-refractivity contribution is 7.92. The fraction of sp³-hybridized carbons (Fsp3) is 0.316. The number of anilines is 1. The average molecular weight is 411 g/mol. The van der Waals surface area contributed by atoms with Gasteiger partial charge in [-0.1, -0.05) is 29.8 Å². The van der Waals surface area contributed by atoms with Crippen molar-refractivity contribution in [1.82, 2.24) is 5.32 Å². The van der Waals surface area contributed by atoms with Gasteiger partial charge in [-0.25, -0.2) is 8.42 Å². The number of ether oxygens (including phenoxy) is 1. The Morgan fingerprint density at radius 2 is 1.89 bits per heavy atom. The molecule has 0 aliphatic heterocycles. The second kappa shape index (κ2) is 9.73. The Morgan fingerprint density at radius 3 is 2.48 bits per heavy atom. The standard InChI is InChI=1S/C19H23ClN2O4S/c1-26-12-4-11-21-19(23)16-9-7-15(8-10-16)14-22(27(2,24)25)18-6-3-5-17(20)13-18/h3,5-10,13H,4,11-12,14H2,1-2H3,(H,21,23). The predicted octanol–water partition coefficient (Wildman–Crippen LogP) is 3.07. The Kier molecular flexibility index (Phi) is 7.65. The van der Waals surface area contributed by atoms with Crippen LogP contribution >= 0.6 is 11.6 Å². The molecule has 2 aromatic carbocycles. The van der Waals surface area contributed by atoms with Crippen LogP contribution in [-0.4, -0.2) is 40.8 Å². The zero-order valence-electron chi connectivity index (χ0n) is 15.3. The van der Waals surface area contributed by atoms with Gasteiger partial charge in [-0.05, 0) is 42.3 Å². The molecule has 0 aliphatic carbocycles. The minimum Gasteiger partial charge on any atom is -0.385 e. The van der Waals surface area contributed by atoms with E-state index in [1.165, 1.54) is 4.31 Å². The molecule has 0 saturated heterocycles. The quantitative estimate of drug-likeness (QED) is 0.644. The van der Waals surface area contributed by atoms with Gasteiger partial charge in [-0.2, -0.15) is 0 Å². The van der Waals surface area contributed by atoms with Crippen molar-refractivity contribution in [3.8, 4) is 0 Å². The van der Waals surface area contributed by atoms with E-state index in [9.17, 15) is 13.2 Å². The molecule has 2 aromatic rings. The fourth-order valence-corrected chi connectivity index (χ4v) is 3.54. The lowest BCUT2D eigenvalue weighted by Crippen LogP contribution is -2.29. The lowest BCUT2D eigenvalue weighted by molar-refractivity contribution is 0.0948. The Balaban J connectivity index is 2.10. The van der Waals surface area contributed by atoms with Crippen molar-refractivity contribution < 1.29 is 17.9 Å². The second-order valence-electron chi connectivity index (χ2n) is 6.05. The van der Waals surface area contributed by atoms with Crippen molar-refractivity contribution >= 4 is 33.2 Å². The Labute approximate surface area is 165 Å². The van der Waals surface area contributed by atoms with Crippen molar-refractivity contribution in [2.45, 2.75) is 13.0 Å². The highest BCUT2D eigenvalue weighted by atomic mass is 35.5. The van der Waals surface area contributed by atoms with E-state index in [4.69, 9.17) is 16.3 Å². The number of nitrogens with one attached hydrogen (secondary N) is 1. The number of hydrogen-bond acceptors (Lipinski definition) is 4. The van der Waals surface area contributed by atoms with Gasteiger partial charge >= 0.3 is 0 Å². The van der Waals surface area contributed by atoms with Gasteiger partial charge in [-0.3, -0.25) is 9.10 Å². The molecule has 0 saturated carbocycles. The average Bonchev–Trinajstić information content (AvgIpc) is 2.62. The summed E-state index contributed by atoms with van der Waals surface area (Å²) in [7, 11) is -1.88. The van der Waals surface area contributed by atoms with Crippen LogP contribution < -0.4 is 9.62 Å². The Bertz CT molecular complexity index is 870. The molecule has 0 bridgehead atoms. The third-order valence-electron chi connectivity index (χ3n) is 3.85. The molecule has 0 fully saturated rings. The molecule has 146 valence electrons. The van der Waals surface area contributed by atoms with Crippen molar-refractivity contribution in [3.63, 3.8) is 0 Å². The fourth-order valence-electron chi connectivity index (χ4n) is 2.48. The van der Waals surface area contributed by atoms with Crippen molar-refractivity contribution in [1.29, 1.82) is 0 Å². The minimum absolute atomic E-state index is 0.148. The van der Waals surface area contributed by atoms with Gasteiger partial charge in [-0.15, -0.1) is 0 Å². The second-order valence-corrected chi connectivity index (χ2v) is 8.39. The number of rotatable bonds is 9. The largest absolute Gasteiger partial charge is 0.385 e. The maximum Gasteiger partial charge on any atom is 0.251 e. The maximum atomic E-state index is 12.2. The monoisotopic (exact) mass is 410 g/mol. The Hall–Kier alpha value is -2.09. The first-order valence-electron chi connectivity index (χ1n) is 8.40. The highest BCUT2D eigenvalue weighted by Gasteiger charge is 2.18. The SMILES string of the molecule is COCCCNC(=O)c1ccc(CN(c2cccc(Cl)c2)S(C)(=O)=O)cc1. The smallest absolute Gasteiger partial charge is 0.251 e. The molecular formula is C19H23ClN2O4S. The van der Waals surface area contributed by atoms with Gasteiger partial charge < -0.3 is 10.1 Å². The summed E-state index contributed by atoms with van der Waals surface area (Å²) < 4.78 is 30.6. The van der Waals surface area contributed by atoms with Crippen molar-refractivity contribution in [3.05, 3.63) is 64.7 Å². The number of methoxy groups -OCH3 is 1. The van der Waals surface area contributed by atoms with Crippen LogP contribution in [0.2, 0.25) is 5.02 Å². The van der Waals surface area contributed by atoms with Crippen LogP contribution in [0.4, 0.5) is 5.69 Å². The predicted molar refractivity (Wildman–Crippen MR) is 108 cm³/mol. The number of carbonyl (C=O) groups is 1. The van der Waals surface area contributed by atoms with Gasteiger partial charge in [0, 0.05) is 30.8 Å². The van der Waals surface area contributed by atoms with Crippen molar-refractivity contribution in [2.24, 2.45) is 0 Å². The van der Waals surface area contributed by atoms with E-state index in [2.05, 4.69) is 5.32 Å². The highest BCUT2D eigenvalue weighted by Crippen LogP contribution is 2.24. The Morgan fingerprint density at radius 1 is 1.19 bits per heavy atom. The van der Waals surface area contributed by atoms with Gasteiger partial charge in [0.15, 0.2) is 0 Å². The first-order chi connectivity index (χ1) is 12.8. The first kappa shape index (κ1) is 21.2. The molecule has 1 N–H and O–H groups in total.